The summed E-state index contributed by atoms with van der Waals surface area (Å²) >= 11 is 0. The first-order chi connectivity index (χ1) is 8.34. The number of carbonyl (C=O) groups is 1. The summed E-state index contributed by atoms with van der Waals surface area (Å²) in [5.74, 6) is 0.660. The zero-order chi connectivity index (χ0) is 11.7. The van der Waals surface area contributed by atoms with Crippen molar-refractivity contribution in [3.63, 3.8) is 0 Å². The van der Waals surface area contributed by atoms with E-state index >= 15 is 0 Å². The monoisotopic (exact) mass is 235 g/mol. The van der Waals surface area contributed by atoms with Gasteiger partial charge in [0.15, 0.2) is 0 Å². The van der Waals surface area contributed by atoms with Crippen molar-refractivity contribution in [2.24, 2.45) is 5.92 Å². The minimum absolute atomic E-state index is 0.0131. The highest BCUT2D eigenvalue weighted by molar-refractivity contribution is 5.95. The fourth-order valence-electron chi connectivity index (χ4n) is 2.18. The van der Waals surface area contributed by atoms with Gasteiger partial charge in [-0.15, -0.1) is 0 Å². The molecule has 2 N–H and O–H groups in total. The van der Waals surface area contributed by atoms with Gasteiger partial charge in [0.05, 0.1) is 23.6 Å². The lowest BCUT2D eigenvalue weighted by atomic mass is 10.1. The molecule has 2 fully saturated rings. The maximum Gasteiger partial charge on any atom is 0.254 e. The molecule has 1 aliphatic carbocycles. The van der Waals surface area contributed by atoms with Gasteiger partial charge in [0, 0.05) is 13.2 Å². The highest BCUT2D eigenvalue weighted by Gasteiger charge is 2.27. The molecule has 1 unspecified atom stereocenters. The van der Waals surface area contributed by atoms with Crippen LogP contribution in [0.1, 0.15) is 47.8 Å². The number of H-pyrrole nitrogens is 1. The standard InChI is InChI=1S/C12H17N3O2/c16-12(13-6-8-3-4-8)9-7-14-15-11(9)10-2-1-5-17-10/h7-8,10H,1-6H2,(H,13,16)(H,14,15). The molecule has 1 aromatic heterocycles. The number of aromatic amines is 1. The lowest BCUT2D eigenvalue weighted by Crippen LogP contribution is -2.26. The second-order valence-electron chi connectivity index (χ2n) is 4.85. The topological polar surface area (TPSA) is 67.0 Å². The summed E-state index contributed by atoms with van der Waals surface area (Å²) in [6.07, 6.45) is 6.10. The van der Waals surface area contributed by atoms with Crippen LogP contribution in [-0.2, 0) is 4.74 Å². The Morgan fingerprint density at radius 1 is 1.53 bits per heavy atom. The summed E-state index contributed by atoms with van der Waals surface area (Å²) in [6, 6.07) is 0. The Kier molecular flexibility index (Phi) is 2.84. The predicted molar refractivity (Wildman–Crippen MR) is 61.6 cm³/mol. The molecule has 1 saturated heterocycles. The van der Waals surface area contributed by atoms with Crippen LogP contribution >= 0.6 is 0 Å². The summed E-state index contributed by atoms with van der Waals surface area (Å²) in [7, 11) is 0. The third-order valence-corrected chi connectivity index (χ3v) is 3.41. The Bertz CT molecular complexity index is 406. The minimum atomic E-state index is -0.0313. The van der Waals surface area contributed by atoms with Crippen molar-refractivity contribution in [1.82, 2.24) is 15.5 Å². The molecule has 2 aliphatic rings. The Hall–Kier alpha value is -1.36. The zero-order valence-corrected chi connectivity index (χ0v) is 9.74. The Morgan fingerprint density at radius 3 is 3.12 bits per heavy atom. The molecule has 1 amide bonds. The zero-order valence-electron chi connectivity index (χ0n) is 9.74. The van der Waals surface area contributed by atoms with Gasteiger partial charge in [-0.25, -0.2) is 0 Å². The Labute approximate surface area is 99.9 Å². The van der Waals surface area contributed by atoms with E-state index in [0.717, 1.165) is 31.7 Å². The van der Waals surface area contributed by atoms with Crippen LogP contribution in [0.25, 0.3) is 0 Å². The van der Waals surface area contributed by atoms with Crippen molar-refractivity contribution >= 4 is 5.91 Å². The van der Waals surface area contributed by atoms with Crippen molar-refractivity contribution in [3.8, 4) is 0 Å². The summed E-state index contributed by atoms with van der Waals surface area (Å²) in [4.78, 5) is 12.0. The van der Waals surface area contributed by atoms with Crippen LogP contribution in [0, 0.1) is 5.92 Å². The van der Waals surface area contributed by atoms with Gasteiger partial charge in [0.1, 0.15) is 0 Å². The molecule has 92 valence electrons. The number of rotatable bonds is 4. The van der Waals surface area contributed by atoms with Crippen LogP contribution in [0.2, 0.25) is 0 Å². The van der Waals surface area contributed by atoms with Crippen LogP contribution in [0.3, 0.4) is 0 Å². The number of ether oxygens (including phenoxy) is 1. The fourth-order valence-corrected chi connectivity index (χ4v) is 2.18. The molecule has 1 atom stereocenters. The average Bonchev–Trinajstić information content (AvgIpc) is 2.84. The highest BCUT2D eigenvalue weighted by Crippen LogP contribution is 2.30. The Morgan fingerprint density at radius 2 is 2.41 bits per heavy atom. The number of nitrogens with zero attached hydrogens (tertiary/aromatic N) is 1. The lowest BCUT2D eigenvalue weighted by Gasteiger charge is -2.09. The first-order valence-electron chi connectivity index (χ1n) is 6.27. The lowest BCUT2D eigenvalue weighted by molar-refractivity contribution is 0.0921. The molecule has 2 heterocycles. The van der Waals surface area contributed by atoms with Crippen LogP contribution in [-0.4, -0.2) is 29.3 Å². The number of amides is 1. The molecule has 5 nitrogen and oxygen atoms in total. The molecule has 0 radical (unpaired) electrons. The van der Waals surface area contributed by atoms with Crippen molar-refractivity contribution in [1.29, 1.82) is 0 Å². The normalized spacial score (nSPS) is 23.9. The summed E-state index contributed by atoms with van der Waals surface area (Å²) in [5, 5.41) is 9.82. The number of hydrogen-bond acceptors (Lipinski definition) is 3. The first-order valence-corrected chi connectivity index (χ1v) is 6.27. The summed E-state index contributed by atoms with van der Waals surface area (Å²) in [6.45, 7) is 1.56. The number of nitrogens with one attached hydrogen (secondary N) is 2. The number of aromatic nitrogens is 2. The first kappa shape index (κ1) is 10.8. The molecule has 5 heteroatoms. The van der Waals surface area contributed by atoms with Crippen molar-refractivity contribution in [3.05, 3.63) is 17.5 Å². The fraction of sp³-hybridized carbons (Fsp3) is 0.667. The molecule has 1 aromatic rings. The molecular weight excluding hydrogens is 218 g/mol. The third kappa shape index (κ3) is 2.34. The van der Waals surface area contributed by atoms with E-state index in [9.17, 15) is 4.79 Å². The van der Waals surface area contributed by atoms with Crippen LogP contribution < -0.4 is 5.32 Å². The average molecular weight is 235 g/mol. The molecule has 0 spiro atoms. The van der Waals surface area contributed by atoms with E-state index in [2.05, 4.69) is 15.5 Å². The molecule has 17 heavy (non-hydrogen) atoms. The maximum atomic E-state index is 12.0. The largest absolute Gasteiger partial charge is 0.372 e. The minimum Gasteiger partial charge on any atom is -0.372 e. The van der Waals surface area contributed by atoms with Crippen molar-refractivity contribution in [2.45, 2.75) is 31.8 Å². The van der Waals surface area contributed by atoms with E-state index in [1.165, 1.54) is 12.8 Å². The van der Waals surface area contributed by atoms with Gasteiger partial charge < -0.3 is 10.1 Å². The van der Waals surface area contributed by atoms with Gasteiger partial charge >= 0.3 is 0 Å². The van der Waals surface area contributed by atoms with Gasteiger partial charge in [-0.3, -0.25) is 9.89 Å². The van der Waals surface area contributed by atoms with Gasteiger partial charge in [-0.1, -0.05) is 0 Å². The molecule has 1 aliphatic heterocycles. The number of carbonyl (C=O) groups excluding carboxylic acids is 1. The molecule has 1 saturated carbocycles. The van der Waals surface area contributed by atoms with Gasteiger partial charge in [0.25, 0.3) is 5.91 Å². The third-order valence-electron chi connectivity index (χ3n) is 3.41. The second-order valence-corrected chi connectivity index (χ2v) is 4.85. The summed E-state index contributed by atoms with van der Waals surface area (Å²) in [5.41, 5.74) is 1.47. The quantitative estimate of drug-likeness (QED) is 0.829. The van der Waals surface area contributed by atoms with Crippen LogP contribution in [0.15, 0.2) is 6.20 Å². The van der Waals surface area contributed by atoms with E-state index in [1.807, 2.05) is 0 Å². The second kappa shape index (κ2) is 4.49. The SMILES string of the molecule is O=C(NCC1CC1)c1cn[nH]c1C1CCCO1. The maximum absolute atomic E-state index is 12.0. The van der Waals surface area contributed by atoms with Gasteiger partial charge in [0.2, 0.25) is 0 Å². The van der Waals surface area contributed by atoms with E-state index in [0.29, 0.717) is 11.5 Å². The van der Waals surface area contributed by atoms with E-state index in [1.54, 1.807) is 6.20 Å². The number of hydrogen-bond donors (Lipinski definition) is 2. The van der Waals surface area contributed by atoms with Gasteiger partial charge in [-0.2, -0.15) is 5.10 Å². The molecular formula is C12H17N3O2. The predicted octanol–water partition coefficient (Wildman–Crippen LogP) is 1.40. The molecule has 3 rings (SSSR count). The van der Waals surface area contributed by atoms with E-state index in [4.69, 9.17) is 4.74 Å². The smallest absolute Gasteiger partial charge is 0.254 e. The Balaban J connectivity index is 1.68. The highest BCUT2D eigenvalue weighted by atomic mass is 16.5. The van der Waals surface area contributed by atoms with Gasteiger partial charge in [-0.05, 0) is 31.6 Å². The van der Waals surface area contributed by atoms with Crippen LogP contribution in [0.5, 0.6) is 0 Å². The molecule has 0 aromatic carbocycles. The van der Waals surface area contributed by atoms with Crippen LogP contribution in [0.4, 0.5) is 0 Å². The van der Waals surface area contributed by atoms with E-state index in [-0.39, 0.29) is 12.0 Å². The van der Waals surface area contributed by atoms with E-state index < -0.39 is 0 Å². The summed E-state index contributed by atoms with van der Waals surface area (Å²) < 4.78 is 5.57. The van der Waals surface area contributed by atoms with Crippen molar-refractivity contribution in [2.75, 3.05) is 13.2 Å². The molecule has 0 bridgehead atoms. The van der Waals surface area contributed by atoms with Crippen molar-refractivity contribution < 1.29 is 9.53 Å².